The molecule has 222 valence electrons. The van der Waals surface area contributed by atoms with Gasteiger partial charge >= 0.3 is 0 Å². The van der Waals surface area contributed by atoms with Crippen molar-refractivity contribution in [2.24, 2.45) is 7.05 Å². The molecule has 1 amide bonds. The highest BCUT2D eigenvalue weighted by molar-refractivity contribution is 6.31. The third-order valence-corrected chi connectivity index (χ3v) is 8.31. The van der Waals surface area contributed by atoms with E-state index >= 15 is 0 Å². The van der Waals surface area contributed by atoms with Crippen molar-refractivity contribution in [2.75, 3.05) is 13.1 Å². The van der Waals surface area contributed by atoms with Crippen LogP contribution in [0.4, 0.5) is 0 Å². The number of amides is 1. The molecule has 0 saturated carbocycles. The van der Waals surface area contributed by atoms with Gasteiger partial charge in [0.15, 0.2) is 5.52 Å². The second-order valence-corrected chi connectivity index (χ2v) is 11.5. The molecule has 1 aliphatic rings. The molecule has 1 saturated heterocycles. The predicted octanol–water partition coefficient (Wildman–Crippen LogP) is 3.77. The first-order valence-electron chi connectivity index (χ1n) is 14.1. The smallest absolute Gasteiger partial charge is 0.281 e. The number of nitrogens with zero attached hydrogens (tertiary/aromatic N) is 6. The van der Waals surface area contributed by atoms with Crippen LogP contribution in [0.1, 0.15) is 30.9 Å². The summed E-state index contributed by atoms with van der Waals surface area (Å²) in [5, 5.41) is 19.3. The van der Waals surface area contributed by atoms with Crippen LogP contribution in [0.5, 0.6) is 0 Å². The molecular weight excluding hydrogens is 570 g/mol. The lowest BCUT2D eigenvalue weighted by Crippen LogP contribution is -2.47. The van der Waals surface area contributed by atoms with E-state index in [-0.39, 0.29) is 23.5 Å². The first kappa shape index (κ1) is 28.8. The fraction of sp³-hybridized carbons (Fsp3) is 0.323. The van der Waals surface area contributed by atoms with E-state index in [1.165, 1.54) is 24.1 Å². The molecule has 5 aromatic rings. The highest BCUT2D eigenvalue weighted by atomic mass is 35.5. The van der Waals surface area contributed by atoms with Crippen molar-refractivity contribution in [3.8, 4) is 22.7 Å². The van der Waals surface area contributed by atoms with Crippen LogP contribution >= 0.6 is 11.6 Å². The SMILES string of the molecule is CC(=O)NCc1ccc(-c2c3ncn(CC4(O)CCN(Cc5ccc(-c6ncco6)cc5Cl)CC4)c(=O)c3nn2C)cc1. The zero-order chi connectivity index (χ0) is 30.1. The number of oxazole rings is 1. The van der Waals surface area contributed by atoms with Gasteiger partial charge in [-0.25, -0.2) is 9.97 Å². The van der Waals surface area contributed by atoms with Crippen molar-refractivity contribution >= 4 is 28.5 Å². The number of aromatic nitrogens is 5. The average molecular weight is 602 g/mol. The van der Waals surface area contributed by atoms with E-state index in [0.29, 0.717) is 55.5 Å². The van der Waals surface area contributed by atoms with E-state index in [1.807, 2.05) is 42.5 Å². The van der Waals surface area contributed by atoms with Gasteiger partial charge in [-0.1, -0.05) is 41.9 Å². The van der Waals surface area contributed by atoms with E-state index in [2.05, 4.69) is 25.3 Å². The number of aryl methyl sites for hydroxylation is 1. The van der Waals surface area contributed by atoms with Gasteiger partial charge in [-0.05, 0) is 36.1 Å². The van der Waals surface area contributed by atoms with Crippen molar-refractivity contribution < 1.29 is 14.3 Å². The molecule has 4 heterocycles. The topological polar surface area (TPSA) is 131 Å². The van der Waals surface area contributed by atoms with E-state index in [4.69, 9.17) is 16.0 Å². The number of nitrogens with one attached hydrogen (secondary N) is 1. The number of rotatable bonds is 8. The van der Waals surface area contributed by atoms with Crippen LogP contribution in [0.2, 0.25) is 5.02 Å². The molecule has 0 radical (unpaired) electrons. The number of hydrogen-bond donors (Lipinski definition) is 2. The average Bonchev–Trinajstić information content (AvgIpc) is 3.65. The second-order valence-electron chi connectivity index (χ2n) is 11.1. The number of likely N-dealkylation sites (tertiary alicyclic amines) is 1. The van der Waals surface area contributed by atoms with E-state index in [1.54, 1.807) is 17.9 Å². The molecule has 2 N–H and O–H groups in total. The number of fused-ring (bicyclic) bond motifs is 1. The molecule has 6 rings (SSSR count). The number of benzene rings is 2. The van der Waals surface area contributed by atoms with Crippen LogP contribution in [0.3, 0.4) is 0 Å². The third kappa shape index (κ3) is 6.10. The quantitative estimate of drug-likeness (QED) is 0.275. The van der Waals surface area contributed by atoms with Gasteiger partial charge in [0.25, 0.3) is 5.56 Å². The Balaban J connectivity index is 1.13. The summed E-state index contributed by atoms with van der Waals surface area (Å²) in [6.07, 6.45) is 5.63. The first-order valence-corrected chi connectivity index (χ1v) is 14.5. The van der Waals surface area contributed by atoms with E-state index in [9.17, 15) is 14.7 Å². The fourth-order valence-electron chi connectivity index (χ4n) is 5.56. The van der Waals surface area contributed by atoms with Gasteiger partial charge in [0.05, 0.1) is 30.4 Å². The summed E-state index contributed by atoms with van der Waals surface area (Å²) in [6, 6.07) is 13.5. The van der Waals surface area contributed by atoms with Crippen LogP contribution in [0.15, 0.2) is 70.5 Å². The normalized spacial score (nSPS) is 15.2. The summed E-state index contributed by atoms with van der Waals surface area (Å²) in [5.41, 5.74) is 3.78. The second kappa shape index (κ2) is 11.8. The van der Waals surface area contributed by atoms with Crippen LogP contribution in [-0.4, -0.2) is 58.9 Å². The standard InChI is InChI=1S/C31H32ClN7O4/c1-20(40)34-16-21-3-5-22(6-4-21)28-26-27(36-37(28)2)30(41)39(19-35-26)18-31(42)9-12-38(13-10-31)17-24-8-7-23(15-25(24)32)29-33-11-14-43-29/h3-8,11,14-15,19,42H,9-10,12-13,16-18H2,1-2H3,(H,34,40). The minimum Gasteiger partial charge on any atom is -0.445 e. The Bertz CT molecular complexity index is 1820. The van der Waals surface area contributed by atoms with Crippen LogP contribution in [0.25, 0.3) is 33.7 Å². The molecule has 2 aromatic carbocycles. The molecule has 12 heteroatoms. The minimum atomic E-state index is -1.05. The number of halogens is 1. The largest absolute Gasteiger partial charge is 0.445 e. The Morgan fingerprint density at radius 1 is 1.09 bits per heavy atom. The summed E-state index contributed by atoms with van der Waals surface area (Å²) in [5.74, 6) is 0.434. The van der Waals surface area contributed by atoms with Crippen molar-refractivity contribution in [1.82, 2.24) is 34.5 Å². The molecule has 11 nitrogen and oxygen atoms in total. The lowest BCUT2D eigenvalue weighted by Gasteiger charge is -2.38. The van der Waals surface area contributed by atoms with Crippen LogP contribution in [-0.2, 0) is 31.5 Å². The number of piperidine rings is 1. The van der Waals surface area contributed by atoms with Gasteiger partial charge in [0.2, 0.25) is 11.8 Å². The molecule has 1 fully saturated rings. The molecule has 0 aliphatic carbocycles. The molecule has 0 spiro atoms. The molecule has 0 bridgehead atoms. The van der Waals surface area contributed by atoms with Gasteiger partial charge in [-0.2, -0.15) is 5.10 Å². The molecule has 43 heavy (non-hydrogen) atoms. The maximum atomic E-state index is 13.5. The minimum absolute atomic E-state index is 0.0897. The Hall–Kier alpha value is -4.32. The van der Waals surface area contributed by atoms with Gasteiger partial charge in [0, 0.05) is 56.3 Å². The predicted molar refractivity (Wildman–Crippen MR) is 162 cm³/mol. The number of carbonyl (C=O) groups excluding carboxylic acids is 1. The Morgan fingerprint density at radius 2 is 1.84 bits per heavy atom. The van der Waals surface area contributed by atoms with Crippen LogP contribution in [0, 0.1) is 0 Å². The third-order valence-electron chi connectivity index (χ3n) is 7.96. The Labute approximate surface area is 252 Å². The van der Waals surface area contributed by atoms with Gasteiger partial charge in [0.1, 0.15) is 11.8 Å². The number of hydrogen-bond acceptors (Lipinski definition) is 8. The first-order chi connectivity index (χ1) is 20.7. The fourth-order valence-corrected chi connectivity index (χ4v) is 5.80. The highest BCUT2D eigenvalue weighted by Gasteiger charge is 2.33. The summed E-state index contributed by atoms with van der Waals surface area (Å²) in [7, 11) is 1.78. The number of carbonyl (C=O) groups is 1. The number of aliphatic hydroxyl groups is 1. The zero-order valence-electron chi connectivity index (χ0n) is 24.0. The highest BCUT2D eigenvalue weighted by Crippen LogP contribution is 2.30. The lowest BCUT2D eigenvalue weighted by atomic mass is 9.91. The maximum absolute atomic E-state index is 13.5. The summed E-state index contributed by atoms with van der Waals surface area (Å²) in [6.45, 7) is 4.03. The molecule has 0 atom stereocenters. The molecular formula is C31H32ClN7O4. The maximum Gasteiger partial charge on any atom is 0.281 e. The summed E-state index contributed by atoms with van der Waals surface area (Å²) < 4.78 is 8.48. The molecule has 0 unspecified atom stereocenters. The Morgan fingerprint density at radius 3 is 2.51 bits per heavy atom. The van der Waals surface area contributed by atoms with Crippen molar-refractivity contribution in [1.29, 1.82) is 0 Å². The van der Waals surface area contributed by atoms with Crippen molar-refractivity contribution in [3.63, 3.8) is 0 Å². The van der Waals surface area contributed by atoms with Crippen molar-refractivity contribution in [2.45, 2.75) is 45.0 Å². The van der Waals surface area contributed by atoms with Crippen molar-refractivity contribution in [3.05, 3.63) is 87.8 Å². The monoisotopic (exact) mass is 601 g/mol. The van der Waals surface area contributed by atoms with Crippen LogP contribution < -0.4 is 10.9 Å². The zero-order valence-corrected chi connectivity index (χ0v) is 24.7. The summed E-state index contributed by atoms with van der Waals surface area (Å²) in [4.78, 5) is 35.7. The van der Waals surface area contributed by atoms with Gasteiger partial charge < -0.3 is 14.8 Å². The molecule has 3 aromatic heterocycles. The van der Waals surface area contributed by atoms with Gasteiger partial charge in [-0.15, -0.1) is 0 Å². The summed E-state index contributed by atoms with van der Waals surface area (Å²) >= 11 is 6.56. The van der Waals surface area contributed by atoms with Gasteiger partial charge in [-0.3, -0.25) is 23.7 Å². The lowest BCUT2D eigenvalue weighted by molar-refractivity contribution is -0.119. The molecule has 1 aliphatic heterocycles. The van der Waals surface area contributed by atoms with E-state index in [0.717, 1.165) is 27.9 Å². The van der Waals surface area contributed by atoms with E-state index < -0.39 is 5.60 Å². The Kier molecular flexibility index (Phi) is 7.87.